The highest BCUT2D eigenvalue weighted by Crippen LogP contribution is 2.57. The number of para-hydroxylation sites is 1. The fourth-order valence-electron chi connectivity index (χ4n) is 4.20. The maximum absolute atomic E-state index is 13.9. The molecule has 2 heterocycles. The molecule has 0 saturated heterocycles. The van der Waals surface area contributed by atoms with Crippen LogP contribution in [0.25, 0.3) is 0 Å². The van der Waals surface area contributed by atoms with Crippen LogP contribution < -0.4 is 4.31 Å². The van der Waals surface area contributed by atoms with Gasteiger partial charge in [-0.05, 0) is 38.2 Å². The van der Waals surface area contributed by atoms with Crippen LogP contribution in [-0.2, 0) is 10.0 Å². The van der Waals surface area contributed by atoms with Gasteiger partial charge in [0, 0.05) is 28.2 Å². The zero-order valence-corrected chi connectivity index (χ0v) is 18.4. The van der Waals surface area contributed by atoms with E-state index in [9.17, 15) is 18.5 Å². The van der Waals surface area contributed by atoms with Gasteiger partial charge in [-0.15, -0.1) is 11.8 Å². The molecule has 0 amide bonds. The maximum Gasteiger partial charge on any atom is 0.269 e. The number of aryl methyl sites for hydroxylation is 1. The number of benzene rings is 3. The molecular weight excluding hydrogens is 434 g/mol. The van der Waals surface area contributed by atoms with E-state index in [0.29, 0.717) is 11.3 Å². The first kappa shape index (κ1) is 20.0. The second kappa shape index (κ2) is 7.08. The highest BCUT2D eigenvalue weighted by atomic mass is 32.2. The number of non-ortho nitro benzene ring substituents is 1. The summed E-state index contributed by atoms with van der Waals surface area (Å²) >= 11 is 1.58. The quantitative estimate of drug-likeness (QED) is 0.417. The van der Waals surface area contributed by atoms with Crippen molar-refractivity contribution in [3.8, 4) is 0 Å². The maximum atomic E-state index is 13.9. The molecular formula is C22H19N3O4S2. The number of hydrogen-bond donors (Lipinski definition) is 0. The summed E-state index contributed by atoms with van der Waals surface area (Å²) in [6.45, 7) is 1.90. The molecule has 3 aromatic carbocycles. The lowest BCUT2D eigenvalue weighted by atomic mass is 10.0. The van der Waals surface area contributed by atoms with E-state index in [1.807, 2.05) is 37.1 Å². The van der Waals surface area contributed by atoms with Crippen molar-refractivity contribution in [2.45, 2.75) is 28.3 Å². The van der Waals surface area contributed by atoms with Crippen LogP contribution in [0.5, 0.6) is 0 Å². The summed E-state index contributed by atoms with van der Waals surface area (Å²) < 4.78 is 29.2. The van der Waals surface area contributed by atoms with Gasteiger partial charge in [0.05, 0.1) is 20.9 Å². The highest BCUT2D eigenvalue weighted by molar-refractivity contribution is 7.99. The number of nitrogens with zero attached hydrogens (tertiary/aromatic N) is 3. The van der Waals surface area contributed by atoms with Crippen molar-refractivity contribution < 1.29 is 13.3 Å². The van der Waals surface area contributed by atoms with Crippen LogP contribution in [0, 0.1) is 17.0 Å². The van der Waals surface area contributed by atoms with E-state index in [1.165, 1.54) is 16.4 Å². The summed E-state index contributed by atoms with van der Waals surface area (Å²) in [5.74, 6) is 0. The van der Waals surface area contributed by atoms with Crippen molar-refractivity contribution in [3.05, 3.63) is 93.5 Å². The standard InChI is InChI=1S/C22H19N3O4S2/c1-14-7-10-16(11-8-14)31(28,29)24-19-6-4-3-5-17(19)22-23(2)21(24)18-13-15(25(26)27)9-12-20(18)30-22/h3-13,21-22H,1-2H3/t21-,22-/m0/s1. The number of fused-ring (bicyclic) bond motifs is 6. The largest absolute Gasteiger partial charge is 0.269 e. The van der Waals surface area contributed by atoms with Crippen molar-refractivity contribution in [2.24, 2.45) is 0 Å². The Hall–Kier alpha value is -2.88. The van der Waals surface area contributed by atoms with Gasteiger partial charge in [-0.2, -0.15) is 0 Å². The summed E-state index contributed by atoms with van der Waals surface area (Å²) in [5, 5.41) is 11.3. The molecule has 0 saturated carbocycles. The number of nitro benzene ring substituents is 1. The molecule has 158 valence electrons. The van der Waals surface area contributed by atoms with Gasteiger partial charge < -0.3 is 0 Å². The lowest BCUT2D eigenvalue weighted by Gasteiger charge is -2.50. The van der Waals surface area contributed by atoms with Gasteiger partial charge in [0.2, 0.25) is 0 Å². The number of hydrogen-bond acceptors (Lipinski definition) is 6. The first-order chi connectivity index (χ1) is 14.8. The first-order valence-electron chi connectivity index (χ1n) is 9.66. The van der Waals surface area contributed by atoms with Crippen molar-refractivity contribution in [2.75, 3.05) is 11.4 Å². The van der Waals surface area contributed by atoms with Crippen LogP contribution in [0.15, 0.2) is 76.5 Å². The van der Waals surface area contributed by atoms with Crippen molar-refractivity contribution in [1.82, 2.24) is 4.90 Å². The third-order valence-electron chi connectivity index (χ3n) is 5.72. The number of sulfonamides is 1. The molecule has 3 aromatic rings. The third kappa shape index (κ3) is 3.03. The zero-order valence-electron chi connectivity index (χ0n) is 16.8. The molecule has 5 rings (SSSR count). The zero-order chi connectivity index (χ0) is 21.9. The summed E-state index contributed by atoms with van der Waals surface area (Å²) in [7, 11) is -2.08. The van der Waals surface area contributed by atoms with Crippen LogP contribution in [0.1, 0.15) is 28.2 Å². The molecule has 0 N–H and O–H groups in total. The van der Waals surface area contributed by atoms with Crippen LogP contribution >= 0.6 is 11.8 Å². The van der Waals surface area contributed by atoms with E-state index in [1.54, 1.807) is 48.2 Å². The highest BCUT2D eigenvalue weighted by Gasteiger charge is 2.48. The smallest absolute Gasteiger partial charge is 0.265 e. The van der Waals surface area contributed by atoms with Crippen molar-refractivity contribution in [3.63, 3.8) is 0 Å². The normalized spacial score (nSPS) is 20.1. The fraction of sp³-hybridized carbons (Fsp3) is 0.182. The molecule has 31 heavy (non-hydrogen) atoms. The Balaban J connectivity index is 1.77. The molecule has 2 atom stereocenters. The second-order valence-electron chi connectivity index (χ2n) is 7.66. The molecule has 0 unspecified atom stereocenters. The molecule has 0 fully saturated rings. The van der Waals surface area contributed by atoms with Crippen molar-refractivity contribution >= 4 is 33.2 Å². The predicted molar refractivity (Wildman–Crippen MR) is 119 cm³/mol. The molecule has 2 aliphatic rings. The summed E-state index contributed by atoms with van der Waals surface area (Å²) in [6, 6.07) is 18.9. The van der Waals surface area contributed by atoms with E-state index in [2.05, 4.69) is 0 Å². The van der Waals surface area contributed by atoms with Gasteiger partial charge in [0.15, 0.2) is 0 Å². The van der Waals surface area contributed by atoms with Gasteiger partial charge in [-0.1, -0.05) is 35.9 Å². The molecule has 0 spiro atoms. The van der Waals surface area contributed by atoms with E-state index in [-0.39, 0.29) is 16.0 Å². The Labute approximate surface area is 184 Å². The number of thioether (sulfide) groups is 1. The van der Waals surface area contributed by atoms with Gasteiger partial charge in [0.1, 0.15) is 6.17 Å². The van der Waals surface area contributed by atoms with E-state index >= 15 is 0 Å². The lowest BCUT2D eigenvalue weighted by molar-refractivity contribution is -0.385. The third-order valence-corrected chi connectivity index (χ3v) is 8.93. The minimum Gasteiger partial charge on any atom is -0.265 e. The van der Waals surface area contributed by atoms with E-state index in [4.69, 9.17) is 0 Å². The Kier molecular flexibility index (Phi) is 4.58. The average Bonchev–Trinajstić information content (AvgIpc) is 2.74. The van der Waals surface area contributed by atoms with Crippen molar-refractivity contribution in [1.29, 1.82) is 0 Å². The molecule has 0 aromatic heterocycles. The van der Waals surface area contributed by atoms with Gasteiger partial charge in [-0.3, -0.25) is 15.0 Å². The summed E-state index contributed by atoms with van der Waals surface area (Å²) in [5.41, 5.74) is 3.01. The van der Waals surface area contributed by atoms with Gasteiger partial charge in [0.25, 0.3) is 15.7 Å². The molecule has 2 bridgehead atoms. The number of anilines is 1. The molecule has 9 heteroatoms. The Morgan fingerprint density at radius 2 is 1.71 bits per heavy atom. The number of nitro groups is 1. The Morgan fingerprint density at radius 3 is 2.42 bits per heavy atom. The van der Waals surface area contributed by atoms with Crippen LogP contribution in [-0.4, -0.2) is 25.3 Å². The van der Waals surface area contributed by atoms with E-state index in [0.717, 1.165) is 16.0 Å². The van der Waals surface area contributed by atoms with Crippen LogP contribution in [0.2, 0.25) is 0 Å². The van der Waals surface area contributed by atoms with Gasteiger partial charge >= 0.3 is 0 Å². The van der Waals surface area contributed by atoms with Gasteiger partial charge in [-0.25, -0.2) is 12.7 Å². The minimum absolute atomic E-state index is 0.0576. The molecule has 2 aliphatic heterocycles. The van der Waals surface area contributed by atoms with Crippen LogP contribution in [0.3, 0.4) is 0 Å². The number of rotatable bonds is 3. The molecule has 0 radical (unpaired) electrons. The minimum atomic E-state index is -3.94. The SMILES string of the molecule is Cc1ccc(S(=O)(=O)N2c3ccccc3[C@@H]3Sc4ccc([N+](=O)[O-])cc4[C@H]2N3C)cc1. The second-order valence-corrected chi connectivity index (χ2v) is 10.6. The first-order valence-corrected chi connectivity index (χ1v) is 12.0. The predicted octanol–water partition coefficient (Wildman–Crippen LogP) is 4.85. The van der Waals surface area contributed by atoms with Crippen LogP contribution in [0.4, 0.5) is 11.4 Å². The summed E-state index contributed by atoms with van der Waals surface area (Å²) in [6.07, 6.45) is -0.692. The molecule has 7 nitrogen and oxygen atoms in total. The summed E-state index contributed by atoms with van der Waals surface area (Å²) in [4.78, 5) is 14.0. The fourth-order valence-corrected chi connectivity index (χ4v) is 7.15. The Bertz CT molecular complexity index is 1310. The monoisotopic (exact) mass is 453 g/mol. The Morgan fingerprint density at radius 1 is 1.00 bits per heavy atom. The van der Waals surface area contributed by atoms with E-state index < -0.39 is 21.1 Å². The lowest BCUT2D eigenvalue weighted by Crippen LogP contribution is -2.49. The average molecular weight is 454 g/mol. The topological polar surface area (TPSA) is 83.8 Å². The molecule has 0 aliphatic carbocycles.